The van der Waals surface area contributed by atoms with Crippen LogP contribution in [-0.2, 0) is 0 Å². The summed E-state index contributed by atoms with van der Waals surface area (Å²) in [5.41, 5.74) is 2.58. The zero-order valence-corrected chi connectivity index (χ0v) is 15.0. The summed E-state index contributed by atoms with van der Waals surface area (Å²) in [6, 6.07) is 5.47. The number of ether oxygens (including phenoxy) is 2. The van der Waals surface area contributed by atoms with Gasteiger partial charge in [-0.1, -0.05) is 11.6 Å². The van der Waals surface area contributed by atoms with Gasteiger partial charge in [0.05, 0.1) is 31.2 Å². The Balaban J connectivity index is 1.95. The average Bonchev–Trinajstić information content (AvgIpc) is 3.17. The second-order valence-corrected chi connectivity index (χ2v) is 5.70. The van der Waals surface area contributed by atoms with Gasteiger partial charge in [-0.2, -0.15) is 14.9 Å². The molecule has 0 bridgehead atoms. The molecule has 9 heteroatoms. The Morgan fingerprint density at radius 3 is 2.60 bits per heavy atom. The van der Waals surface area contributed by atoms with Crippen LogP contribution in [0.4, 0.5) is 0 Å². The number of nitrogens with zero attached hydrogens (tertiary/aromatic N) is 6. The van der Waals surface area contributed by atoms with Gasteiger partial charge in [0.2, 0.25) is 0 Å². The van der Waals surface area contributed by atoms with Crippen LogP contribution in [0.5, 0.6) is 11.5 Å². The van der Waals surface area contributed by atoms with Crippen molar-refractivity contribution in [1.82, 2.24) is 24.7 Å². The zero-order chi connectivity index (χ0) is 18.0. The predicted molar refractivity (Wildman–Crippen MR) is 94.2 cm³/mol. The maximum atomic E-state index is 6.21. The summed E-state index contributed by atoms with van der Waals surface area (Å²) in [6.07, 6.45) is 3.14. The number of benzene rings is 1. The monoisotopic (exact) mass is 360 g/mol. The Hall–Kier alpha value is -2.87. The number of aromatic nitrogens is 5. The first-order valence-corrected chi connectivity index (χ1v) is 7.81. The van der Waals surface area contributed by atoms with Crippen molar-refractivity contribution in [2.45, 2.75) is 13.8 Å². The first-order chi connectivity index (χ1) is 12.0. The highest BCUT2D eigenvalue weighted by atomic mass is 35.5. The van der Waals surface area contributed by atoms with E-state index in [1.54, 1.807) is 30.1 Å². The number of rotatable bonds is 5. The van der Waals surface area contributed by atoms with Crippen LogP contribution in [0.15, 0.2) is 29.6 Å². The topological polar surface area (TPSA) is 79.4 Å². The highest BCUT2D eigenvalue weighted by Crippen LogP contribution is 2.35. The summed E-state index contributed by atoms with van der Waals surface area (Å²) >= 11 is 6.21. The second-order valence-electron chi connectivity index (χ2n) is 5.30. The summed E-state index contributed by atoms with van der Waals surface area (Å²) in [4.78, 5) is 0. The average molecular weight is 361 g/mol. The van der Waals surface area contributed by atoms with Crippen LogP contribution < -0.4 is 9.47 Å². The molecule has 0 N–H and O–H groups in total. The van der Waals surface area contributed by atoms with Crippen molar-refractivity contribution in [3.05, 3.63) is 46.5 Å². The molecule has 0 aliphatic carbocycles. The van der Waals surface area contributed by atoms with Crippen molar-refractivity contribution < 1.29 is 9.47 Å². The van der Waals surface area contributed by atoms with Crippen LogP contribution in [0.25, 0.3) is 5.95 Å². The molecule has 0 atom stereocenters. The molecule has 0 saturated heterocycles. The Kier molecular flexibility index (Phi) is 4.71. The van der Waals surface area contributed by atoms with Crippen molar-refractivity contribution in [1.29, 1.82) is 0 Å². The lowest BCUT2D eigenvalue weighted by Gasteiger charge is -2.10. The van der Waals surface area contributed by atoms with Gasteiger partial charge in [0, 0.05) is 5.69 Å². The third-order valence-corrected chi connectivity index (χ3v) is 3.78. The van der Waals surface area contributed by atoms with Crippen molar-refractivity contribution in [2.24, 2.45) is 5.10 Å². The van der Waals surface area contributed by atoms with Crippen molar-refractivity contribution in [2.75, 3.05) is 14.2 Å². The molecule has 2 heterocycles. The molecule has 3 aromatic rings. The van der Waals surface area contributed by atoms with Gasteiger partial charge < -0.3 is 9.47 Å². The van der Waals surface area contributed by atoms with E-state index in [9.17, 15) is 0 Å². The fourth-order valence-electron chi connectivity index (χ4n) is 2.42. The van der Waals surface area contributed by atoms with Gasteiger partial charge in [-0.25, -0.2) is 4.68 Å². The fourth-order valence-corrected chi connectivity index (χ4v) is 2.71. The molecule has 0 unspecified atom stereocenters. The molecular weight excluding hydrogens is 344 g/mol. The number of hydrogen-bond acceptors (Lipinski definition) is 6. The molecule has 0 amide bonds. The van der Waals surface area contributed by atoms with E-state index < -0.39 is 0 Å². The normalized spacial score (nSPS) is 11.2. The van der Waals surface area contributed by atoms with Crippen LogP contribution in [-0.4, -0.2) is 45.1 Å². The quantitative estimate of drug-likeness (QED) is 0.653. The lowest BCUT2D eigenvalue weighted by Crippen LogP contribution is -2.06. The van der Waals surface area contributed by atoms with Gasteiger partial charge in [0.15, 0.2) is 11.5 Å². The second kappa shape index (κ2) is 6.94. The molecule has 1 aromatic carbocycles. The van der Waals surface area contributed by atoms with E-state index in [1.807, 2.05) is 19.9 Å². The minimum Gasteiger partial charge on any atom is -0.493 e. The fraction of sp³-hybridized carbons (Fsp3) is 0.250. The smallest absolute Gasteiger partial charge is 0.273 e. The third kappa shape index (κ3) is 3.34. The van der Waals surface area contributed by atoms with Gasteiger partial charge in [0.1, 0.15) is 6.33 Å². The van der Waals surface area contributed by atoms with E-state index in [-0.39, 0.29) is 0 Å². The minimum absolute atomic E-state index is 0.436. The van der Waals surface area contributed by atoms with Crippen molar-refractivity contribution >= 4 is 17.8 Å². The molecule has 25 heavy (non-hydrogen) atoms. The van der Waals surface area contributed by atoms with Gasteiger partial charge in [0.25, 0.3) is 5.95 Å². The summed E-state index contributed by atoms with van der Waals surface area (Å²) in [6.45, 7) is 3.86. The van der Waals surface area contributed by atoms with Crippen LogP contribution in [0.2, 0.25) is 5.02 Å². The summed E-state index contributed by atoms with van der Waals surface area (Å²) in [5, 5.41) is 17.2. The molecule has 0 saturated carbocycles. The Labute approximate surface area is 149 Å². The maximum Gasteiger partial charge on any atom is 0.273 e. The molecule has 0 radical (unpaired) electrons. The number of halogens is 1. The van der Waals surface area contributed by atoms with Crippen LogP contribution in [0.3, 0.4) is 0 Å². The number of methoxy groups -OCH3 is 2. The summed E-state index contributed by atoms with van der Waals surface area (Å²) in [7, 11) is 3.09. The first kappa shape index (κ1) is 17.0. The third-order valence-electron chi connectivity index (χ3n) is 3.50. The van der Waals surface area contributed by atoms with E-state index in [4.69, 9.17) is 21.1 Å². The SMILES string of the molecule is COc1cc(/C=N\n2cnnc2-n2nc(C)cc2C)cc(Cl)c1OC. The number of aryl methyl sites for hydroxylation is 2. The predicted octanol–water partition coefficient (Wildman–Crippen LogP) is 2.63. The Bertz CT molecular complexity index is 931. The highest BCUT2D eigenvalue weighted by molar-refractivity contribution is 6.32. The minimum atomic E-state index is 0.436. The largest absolute Gasteiger partial charge is 0.493 e. The molecular formula is C16H17ClN6O2. The highest BCUT2D eigenvalue weighted by Gasteiger charge is 2.12. The van der Waals surface area contributed by atoms with E-state index in [1.165, 1.54) is 18.1 Å². The molecule has 0 aliphatic heterocycles. The first-order valence-electron chi connectivity index (χ1n) is 7.43. The van der Waals surface area contributed by atoms with E-state index in [0.29, 0.717) is 22.5 Å². The van der Waals surface area contributed by atoms with E-state index >= 15 is 0 Å². The Morgan fingerprint density at radius 2 is 1.96 bits per heavy atom. The molecule has 3 rings (SSSR count). The van der Waals surface area contributed by atoms with E-state index in [0.717, 1.165) is 17.0 Å². The van der Waals surface area contributed by atoms with Gasteiger partial charge in [-0.05, 0) is 37.6 Å². The van der Waals surface area contributed by atoms with E-state index in [2.05, 4.69) is 20.4 Å². The van der Waals surface area contributed by atoms with Crippen molar-refractivity contribution in [3.63, 3.8) is 0 Å². The van der Waals surface area contributed by atoms with Gasteiger partial charge in [-0.15, -0.1) is 10.2 Å². The molecule has 0 fully saturated rings. The van der Waals surface area contributed by atoms with Crippen LogP contribution in [0, 0.1) is 13.8 Å². The van der Waals surface area contributed by atoms with Crippen molar-refractivity contribution in [3.8, 4) is 17.4 Å². The molecule has 130 valence electrons. The van der Waals surface area contributed by atoms with Crippen LogP contribution >= 0.6 is 11.6 Å². The van der Waals surface area contributed by atoms with Crippen LogP contribution in [0.1, 0.15) is 17.0 Å². The zero-order valence-electron chi connectivity index (χ0n) is 14.3. The Morgan fingerprint density at radius 1 is 1.16 bits per heavy atom. The molecule has 8 nitrogen and oxygen atoms in total. The number of hydrogen-bond donors (Lipinski definition) is 0. The summed E-state index contributed by atoms with van der Waals surface area (Å²) in [5.74, 6) is 1.50. The summed E-state index contributed by atoms with van der Waals surface area (Å²) < 4.78 is 13.7. The molecule has 0 spiro atoms. The lowest BCUT2D eigenvalue weighted by atomic mass is 10.2. The molecule has 0 aliphatic rings. The van der Waals surface area contributed by atoms with Gasteiger partial charge in [-0.3, -0.25) is 0 Å². The van der Waals surface area contributed by atoms with Gasteiger partial charge >= 0.3 is 0 Å². The lowest BCUT2D eigenvalue weighted by molar-refractivity contribution is 0.355. The molecule has 2 aromatic heterocycles. The standard InChI is InChI=1S/C16H17ClN6O2/c1-10-5-11(2)23(21-10)16-20-18-9-22(16)19-8-12-6-13(17)15(25-4)14(7-12)24-3/h5-9H,1-4H3/b19-8-. The maximum absolute atomic E-state index is 6.21.